The monoisotopic (exact) mass is 269 g/mol. The molecule has 106 valence electrons. The van der Waals surface area contributed by atoms with Gasteiger partial charge in [-0.2, -0.15) is 0 Å². The van der Waals surface area contributed by atoms with Gasteiger partial charge >= 0.3 is 0 Å². The standard InChI is InChI=1S/C18H23NO/c20-18-8-4-7-15-13-16(9-10-17(15)18)19-12-11-14-5-2-1-3-6-14/h1-3,5-6,16,19H,4,7-13H2. The van der Waals surface area contributed by atoms with E-state index in [2.05, 4.69) is 35.6 Å². The maximum atomic E-state index is 11.9. The van der Waals surface area contributed by atoms with Gasteiger partial charge in [0, 0.05) is 12.5 Å². The molecule has 1 atom stereocenters. The van der Waals surface area contributed by atoms with Crippen LogP contribution < -0.4 is 5.32 Å². The number of hydrogen-bond donors (Lipinski definition) is 1. The van der Waals surface area contributed by atoms with E-state index in [1.165, 1.54) is 16.7 Å². The van der Waals surface area contributed by atoms with Crippen molar-refractivity contribution in [3.8, 4) is 0 Å². The van der Waals surface area contributed by atoms with E-state index in [9.17, 15) is 4.79 Å². The molecular weight excluding hydrogens is 246 g/mol. The first-order valence-electron chi connectivity index (χ1n) is 7.84. The molecule has 0 aliphatic heterocycles. The normalized spacial score (nSPS) is 22.8. The summed E-state index contributed by atoms with van der Waals surface area (Å²) in [6.45, 7) is 1.03. The van der Waals surface area contributed by atoms with E-state index in [0.29, 0.717) is 11.8 Å². The topological polar surface area (TPSA) is 29.1 Å². The van der Waals surface area contributed by atoms with Crippen LogP contribution in [0.2, 0.25) is 0 Å². The molecule has 1 N–H and O–H groups in total. The quantitative estimate of drug-likeness (QED) is 0.907. The molecule has 3 rings (SSSR count). The van der Waals surface area contributed by atoms with Crippen LogP contribution in [0.1, 0.15) is 44.1 Å². The van der Waals surface area contributed by atoms with Crippen LogP contribution in [0.3, 0.4) is 0 Å². The lowest BCUT2D eigenvalue weighted by Gasteiger charge is -2.30. The summed E-state index contributed by atoms with van der Waals surface area (Å²) in [5.74, 6) is 0.425. The first-order valence-corrected chi connectivity index (χ1v) is 7.84. The minimum atomic E-state index is 0.425. The number of allylic oxidation sites excluding steroid dienone is 1. The fourth-order valence-corrected chi connectivity index (χ4v) is 3.46. The van der Waals surface area contributed by atoms with Crippen LogP contribution >= 0.6 is 0 Å². The number of hydrogen-bond acceptors (Lipinski definition) is 2. The van der Waals surface area contributed by atoms with Crippen LogP contribution in [0.4, 0.5) is 0 Å². The molecule has 2 nitrogen and oxygen atoms in total. The van der Waals surface area contributed by atoms with Gasteiger partial charge in [0.05, 0.1) is 0 Å². The highest BCUT2D eigenvalue weighted by atomic mass is 16.1. The molecular formula is C18H23NO. The zero-order chi connectivity index (χ0) is 13.8. The molecule has 2 aliphatic carbocycles. The zero-order valence-electron chi connectivity index (χ0n) is 12.0. The van der Waals surface area contributed by atoms with Gasteiger partial charge in [-0.1, -0.05) is 35.9 Å². The first-order chi connectivity index (χ1) is 9.83. The van der Waals surface area contributed by atoms with Crippen molar-refractivity contribution in [2.24, 2.45) is 0 Å². The van der Waals surface area contributed by atoms with Gasteiger partial charge in [-0.25, -0.2) is 0 Å². The van der Waals surface area contributed by atoms with Crippen LogP contribution in [0.25, 0.3) is 0 Å². The Morgan fingerprint density at radius 1 is 1.10 bits per heavy atom. The summed E-state index contributed by atoms with van der Waals surface area (Å²) in [5, 5.41) is 3.67. The van der Waals surface area contributed by atoms with Gasteiger partial charge in [0.1, 0.15) is 0 Å². The number of Topliss-reactive ketones (excluding diaryl/α,β-unsaturated/α-hetero) is 1. The highest BCUT2D eigenvalue weighted by Gasteiger charge is 2.26. The smallest absolute Gasteiger partial charge is 0.158 e. The predicted octanol–water partition coefficient (Wildman–Crippen LogP) is 3.42. The Morgan fingerprint density at radius 2 is 1.95 bits per heavy atom. The fraction of sp³-hybridized carbons (Fsp3) is 0.500. The molecule has 0 heterocycles. The van der Waals surface area contributed by atoms with Gasteiger partial charge in [0.2, 0.25) is 0 Å². The predicted molar refractivity (Wildman–Crippen MR) is 81.7 cm³/mol. The summed E-state index contributed by atoms with van der Waals surface area (Å²) in [7, 11) is 0. The average molecular weight is 269 g/mol. The summed E-state index contributed by atoms with van der Waals surface area (Å²) < 4.78 is 0. The maximum Gasteiger partial charge on any atom is 0.158 e. The Hall–Kier alpha value is -1.41. The second kappa shape index (κ2) is 6.36. The molecule has 1 unspecified atom stereocenters. The Bertz CT molecular complexity index is 503. The molecule has 0 aromatic heterocycles. The molecule has 0 spiro atoms. The van der Waals surface area contributed by atoms with Crippen molar-refractivity contribution in [1.82, 2.24) is 5.32 Å². The Morgan fingerprint density at radius 3 is 2.80 bits per heavy atom. The molecule has 1 aromatic carbocycles. The summed E-state index contributed by atoms with van der Waals surface area (Å²) in [6, 6.07) is 11.2. The third-order valence-electron chi connectivity index (χ3n) is 4.57. The third-order valence-corrected chi connectivity index (χ3v) is 4.57. The van der Waals surface area contributed by atoms with Crippen molar-refractivity contribution in [3.05, 3.63) is 47.0 Å². The molecule has 0 amide bonds. The van der Waals surface area contributed by atoms with E-state index in [-0.39, 0.29) is 0 Å². The molecule has 0 radical (unpaired) electrons. The third kappa shape index (κ3) is 3.18. The van der Waals surface area contributed by atoms with Gasteiger partial charge in [0.25, 0.3) is 0 Å². The van der Waals surface area contributed by atoms with E-state index in [0.717, 1.165) is 51.5 Å². The molecule has 20 heavy (non-hydrogen) atoms. The number of rotatable bonds is 4. The maximum absolute atomic E-state index is 11.9. The second-order valence-corrected chi connectivity index (χ2v) is 5.99. The largest absolute Gasteiger partial charge is 0.313 e. The molecule has 0 saturated heterocycles. The first kappa shape index (κ1) is 13.6. The van der Waals surface area contributed by atoms with Crippen molar-refractivity contribution in [3.63, 3.8) is 0 Å². The minimum Gasteiger partial charge on any atom is -0.313 e. The Labute approximate surface area is 121 Å². The summed E-state index contributed by atoms with van der Waals surface area (Å²) in [5.41, 5.74) is 4.02. The minimum absolute atomic E-state index is 0.425. The fourth-order valence-electron chi connectivity index (χ4n) is 3.46. The number of carbonyl (C=O) groups is 1. The van der Waals surface area contributed by atoms with Gasteiger partial charge < -0.3 is 5.32 Å². The van der Waals surface area contributed by atoms with Crippen LogP contribution in [0.15, 0.2) is 41.5 Å². The second-order valence-electron chi connectivity index (χ2n) is 5.99. The van der Waals surface area contributed by atoms with Crippen molar-refractivity contribution in [2.45, 2.75) is 51.0 Å². The van der Waals surface area contributed by atoms with E-state index < -0.39 is 0 Å². The van der Waals surface area contributed by atoms with Crippen molar-refractivity contribution in [2.75, 3.05) is 6.54 Å². The number of carbonyl (C=O) groups excluding carboxylic acids is 1. The van der Waals surface area contributed by atoms with E-state index in [4.69, 9.17) is 0 Å². The average Bonchev–Trinajstić information content (AvgIpc) is 2.48. The van der Waals surface area contributed by atoms with Crippen molar-refractivity contribution in [1.29, 1.82) is 0 Å². The highest BCUT2D eigenvalue weighted by Crippen LogP contribution is 2.33. The lowest BCUT2D eigenvalue weighted by Crippen LogP contribution is -2.35. The van der Waals surface area contributed by atoms with Gasteiger partial charge in [0.15, 0.2) is 5.78 Å². The molecule has 0 bridgehead atoms. The number of nitrogens with one attached hydrogen (secondary N) is 1. The van der Waals surface area contributed by atoms with Crippen molar-refractivity contribution < 1.29 is 4.79 Å². The molecule has 2 heteroatoms. The SMILES string of the molecule is O=C1CCCC2=C1CCC(NCCc1ccccc1)C2. The van der Waals surface area contributed by atoms with Crippen LogP contribution in [0, 0.1) is 0 Å². The van der Waals surface area contributed by atoms with Crippen LogP contribution in [0.5, 0.6) is 0 Å². The van der Waals surface area contributed by atoms with E-state index >= 15 is 0 Å². The zero-order valence-corrected chi connectivity index (χ0v) is 12.0. The molecule has 0 saturated carbocycles. The van der Waals surface area contributed by atoms with Crippen molar-refractivity contribution >= 4 is 5.78 Å². The summed E-state index contributed by atoms with van der Waals surface area (Å²) >= 11 is 0. The van der Waals surface area contributed by atoms with E-state index in [1.54, 1.807) is 0 Å². The number of ketones is 1. The highest BCUT2D eigenvalue weighted by molar-refractivity contribution is 5.97. The van der Waals surface area contributed by atoms with Crippen LogP contribution in [-0.4, -0.2) is 18.4 Å². The number of benzene rings is 1. The Kier molecular flexibility index (Phi) is 4.31. The molecule has 2 aliphatic rings. The molecule has 1 aromatic rings. The Balaban J connectivity index is 1.50. The van der Waals surface area contributed by atoms with Gasteiger partial charge in [-0.15, -0.1) is 0 Å². The van der Waals surface area contributed by atoms with Gasteiger partial charge in [-0.3, -0.25) is 4.79 Å². The van der Waals surface area contributed by atoms with E-state index in [1.807, 2.05) is 0 Å². The lowest BCUT2D eigenvalue weighted by atomic mass is 9.79. The van der Waals surface area contributed by atoms with Gasteiger partial charge in [-0.05, 0) is 56.2 Å². The van der Waals surface area contributed by atoms with Crippen LogP contribution in [-0.2, 0) is 11.2 Å². The summed E-state index contributed by atoms with van der Waals surface area (Å²) in [6.07, 6.45) is 7.30. The summed E-state index contributed by atoms with van der Waals surface area (Å²) in [4.78, 5) is 11.9. The molecule has 0 fully saturated rings. The lowest BCUT2D eigenvalue weighted by molar-refractivity contribution is -0.116.